The van der Waals surface area contributed by atoms with Gasteiger partial charge >= 0.3 is 0 Å². The topological polar surface area (TPSA) is 38.3 Å². The van der Waals surface area contributed by atoms with E-state index in [1.165, 1.54) is 6.07 Å². The molecule has 1 aliphatic rings. The van der Waals surface area contributed by atoms with E-state index in [-0.39, 0.29) is 6.10 Å². The first-order chi connectivity index (χ1) is 11.1. The lowest BCUT2D eigenvalue weighted by Gasteiger charge is -2.14. The molecule has 120 valence electrons. The van der Waals surface area contributed by atoms with E-state index in [0.29, 0.717) is 11.4 Å². The van der Waals surface area contributed by atoms with Gasteiger partial charge in [0, 0.05) is 11.8 Å². The van der Waals surface area contributed by atoms with Crippen molar-refractivity contribution in [1.82, 2.24) is 0 Å². The number of ether oxygens (including phenoxy) is 1. The Labute approximate surface area is 133 Å². The molecule has 0 aromatic heterocycles. The number of nitrogens with one attached hydrogen (secondary N) is 1. The number of carbonyl (C=O) groups excluding carboxylic acids is 1. The Morgan fingerprint density at radius 2 is 1.70 bits per heavy atom. The van der Waals surface area contributed by atoms with Crippen LogP contribution in [0.1, 0.15) is 36.0 Å². The monoisotopic (exact) mass is 317 g/mol. The number of benzene rings is 2. The van der Waals surface area contributed by atoms with Crippen molar-refractivity contribution in [1.29, 1.82) is 0 Å². The maximum atomic E-state index is 13.6. The molecule has 0 saturated heterocycles. The zero-order valence-corrected chi connectivity index (χ0v) is 12.5. The van der Waals surface area contributed by atoms with Gasteiger partial charge in [-0.15, -0.1) is 0 Å². The van der Waals surface area contributed by atoms with E-state index in [1.807, 2.05) is 0 Å². The summed E-state index contributed by atoms with van der Waals surface area (Å²) in [4.78, 5) is 12.1. The van der Waals surface area contributed by atoms with Crippen LogP contribution in [0, 0.1) is 11.6 Å². The maximum absolute atomic E-state index is 13.6. The van der Waals surface area contributed by atoms with Crippen molar-refractivity contribution in [2.24, 2.45) is 0 Å². The smallest absolute Gasteiger partial charge is 0.261 e. The minimum atomic E-state index is -0.888. The zero-order chi connectivity index (χ0) is 16.2. The summed E-state index contributed by atoms with van der Waals surface area (Å²) in [7, 11) is 0. The second-order valence-corrected chi connectivity index (χ2v) is 5.60. The largest absolute Gasteiger partial charge is 0.490 e. The second kappa shape index (κ2) is 6.77. The summed E-state index contributed by atoms with van der Waals surface area (Å²) in [6.45, 7) is 0. The second-order valence-electron chi connectivity index (χ2n) is 5.60. The van der Waals surface area contributed by atoms with Crippen molar-refractivity contribution < 1.29 is 18.3 Å². The first kappa shape index (κ1) is 15.5. The summed E-state index contributed by atoms with van der Waals surface area (Å²) in [5.41, 5.74) is -0.150. The molecule has 0 atom stereocenters. The predicted molar refractivity (Wildman–Crippen MR) is 83.6 cm³/mol. The first-order valence-electron chi connectivity index (χ1n) is 7.65. The Hall–Kier alpha value is -2.43. The molecule has 0 heterocycles. The van der Waals surface area contributed by atoms with Crippen molar-refractivity contribution in [3.8, 4) is 5.75 Å². The molecule has 2 aromatic carbocycles. The highest BCUT2D eigenvalue weighted by Gasteiger charge is 2.18. The number of hydrogen-bond donors (Lipinski definition) is 1. The van der Waals surface area contributed by atoms with Crippen LogP contribution in [0.3, 0.4) is 0 Å². The molecule has 2 aromatic rings. The van der Waals surface area contributed by atoms with Gasteiger partial charge in [0.15, 0.2) is 0 Å². The molecule has 1 amide bonds. The number of anilines is 1. The van der Waals surface area contributed by atoms with E-state index in [0.717, 1.165) is 37.8 Å². The van der Waals surface area contributed by atoms with E-state index in [1.54, 1.807) is 24.3 Å². The fourth-order valence-electron chi connectivity index (χ4n) is 2.75. The van der Waals surface area contributed by atoms with Crippen LogP contribution in [0.5, 0.6) is 5.75 Å². The van der Waals surface area contributed by atoms with Crippen molar-refractivity contribution >= 4 is 11.6 Å². The summed E-state index contributed by atoms with van der Waals surface area (Å²) in [6, 6.07) is 10.2. The quantitative estimate of drug-likeness (QED) is 0.899. The molecule has 0 bridgehead atoms. The molecule has 1 saturated carbocycles. The van der Waals surface area contributed by atoms with E-state index in [4.69, 9.17) is 4.74 Å². The third kappa shape index (κ3) is 3.67. The normalized spacial score (nSPS) is 14.7. The van der Waals surface area contributed by atoms with Crippen LogP contribution in [0.2, 0.25) is 0 Å². The van der Waals surface area contributed by atoms with Crippen molar-refractivity contribution in [3.05, 3.63) is 59.7 Å². The van der Waals surface area contributed by atoms with Gasteiger partial charge in [-0.05, 0) is 49.9 Å². The number of rotatable bonds is 4. The molecule has 1 aliphatic carbocycles. The average molecular weight is 317 g/mol. The van der Waals surface area contributed by atoms with Crippen LogP contribution in [0.4, 0.5) is 14.5 Å². The number of halogens is 2. The van der Waals surface area contributed by atoms with Gasteiger partial charge in [-0.1, -0.05) is 12.1 Å². The Kier molecular flexibility index (Phi) is 4.55. The van der Waals surface area contributed by atoms with E-state index < -0.39 is 23.1 Å². The zero-order valence-electron chi connectivity index (χ0n) is 12.5. The number of hydrogen-bond acceptors (Lipinski definition) is 2. The van der Waals surface area contributed by atoms with Crippen LogP contribution in [0.15, 0.2) is 42.5 Å². The Morgan fingerprint density at radius 3 is 2.39 bits per heavy atom. The van der Waals surface area contributed by atoms with Gasteiger partial charge in [-0.2, -0.15) is 0 Å². The molecule has 3 rings (SSSR count). The van der Waals surface area contributed by atoms with Gasteiger partial charge in [-0.25, -0.2) is 8.78 Å². The molecule has 0 radical (unpaired) electrons. The van der Waals surface area contributed by atoms with Gasteiger partial charge < -0.3 is 10.1 Å². The Bertz CT molecular complexity index is 692. The summed E-state index contributed by atoms with van der Waals surface area (Å²) in [5, 5.41) is 2.51. The molecule has 0 unspecified atom stereocenters. The summed E-state index contributed by atoms with van der Waals surface area (Å²) in [5.74, 6) is -1.95. The SMILES string of the molecule is O=C(Nc1cccc(OC2CCCC2)c1)c1c(F)cccc1F. The third-order valence-corrected chi connectivity index (χ3v) is 3.89. The van der Waals surface area contributed by atoms with Crippen LogP contribution < -0.4 is 10.1 Å². The fraction of sp³-hybridized carbons (Fsp3) is 0.278. The van der Waals surface area contributed by atoms with E-state index >= 15 is 0 Å². The first-order valence-corrected chi connectivity index (χ1v) is 7.65. The predicted octanol–water partition coefficient (Wildman–Crippen LogP) is 4.54. The van der Waals surface area contributed by atoms with Gasteiger partial charge in [-0.3, -0.25) is 4.79 Å². The van der Waals surface area contributed by atoms with E-state index in [9.17, 15) is 13.6 Å². The summed E-state index contributed by atoms with van der Waals surface area (Å²) in [6.07, 6.45) is 4.57. The molecular formula is C18H17F2NO2. The fourth-order valence-corrected chi connectivity index (χ4v) is 2.75. The highest BCUT2D eigenvalue weighted by molar-refractivity contribution is 6.04. The summed E-state index contributed by atoms with van der Waals surface area (Å²) < 4.78 is 33.1. The van der Waals surface area contributed by atoms with Gasteiger partial charge in [0.25, 0.3) is 5.91 Å². The molecular weight excluding hydrogens is 300 g/mol. The van der Waals surface area contributed by atoms with Gasteiger partial charge in [0.1, 0.15) is 22.9 Å². The van der Waals surface area contributed by atoms with Crippen molar-refractivity contribution in [3.63, 3.8) is 0 Å². The van der Waals surface area contributed by atoms with Gasteiger partial charge in [0.2, 0.25) is 0 Å². The lowest BCUT2D eigenvalue weighted by molar-refractivity contribution is 0.101. The molecule has 0 spiro atoms. The number of amides is 1. The molecule has 3 nitrogen and oxygen atoms in total. The van der Waals surface area contributed by atoms with Crippen LogP contribution in [-0.2, 0) is 0 Å². The molecule has 1 N–H and O–H groups in total. The molecule has 23 heavy (non-hydrogen) atoms. The molecule has 5 heteroatoms. The highest BCUT2D eigenvalue weighted by atomic mass is 19.1. The lowest BCUT2D eigenvalue weighted by Crippen LogP contribution is -2.16. The standard InChI is InChI=1S/C18H17F2NO2/c19-15-9-4-10-16(20)17(15)18(22)21-12-5-3-8-14(11-12)23-13-6-1-2-7-13/h3-5,8-11,13H,1-2,6-7H2,(H,21,22). The Morgan fingerprint density at radius 1 is 1.04 bits per heavy atom. The Balaban J connectivity index is 1.73. The molecule has 1 fully saturated rings. The number of carbonyl (C=O) groups is 1. The third-order valence-electron chi connectivity index (χ3n) is 3.89. The average Bonchev–Trinajstić information content (AvgIpc) is 3.00. The van der Waals surface area contributed by atoms with Crippen molar-refractivity contribution in [2.75, 3.05) is 5.32 Å². The minimum absolute atomic E-state index is 0.199. The summed E-state index contributed by atoms with van der Waals surface area (Å²) >= 11 is 0. The highest BCUT2D eigenvalue weighted by Crippen LogP contribution is 2.26. The van der Waals surface area contributed by atoms with Crippen molar-refractivity contribution in [2.45, 2.75) is 31.8 Å². The van der Waals surface area contributed by atoms with Gasteiger partial charge in [0.05, 0.1) is 6.10 Å². The van der Waals surface area contributed by atoms with Crippen LogP contribution >= 0.6 is 0 Å². The maximum Gasteiger partial charge on any atom is 0.261 e. The minimum Gasteiger partial charge on any atom is -0.490 e. The van der Waals surface area contributed by atoms with E-state index in [2.05, 4.69) is 5.32 Å². The van der Waals surface area contributed by atoms with Crippen LogP contribution in [0.25, 0.3) is 0 Å². The van der Waals surface area contributed by atoms with Crippen LogP contribution in [-0.4, -0.2) is 12.0 Å². The lowest BCUT2D eigenvalue weighted by atomic mass is 10.1. The molecule has 0 aliphatic heterocycles.